The lowest BCUT2D eigenvalue weighted by Crippen LogP contribution is -2.25. The van der Waals surface area contributed by atoms with E-state index in [-0.39, 0.29) is 22.5 Å². The third-order valence-corrected chi connectivity index (χ3v) is 7.41. The molecule has 0 atom stereocenters. The van der Waals surface area contributed by atoms with Gasteiger partial charge in [0.15, 0.2) is 17.5 Å². The number of rotatable bonds is 11. The van der Waals surface area contributed by atoms with Crippen LogP contribution in [0.2, 0.25) is 0 Å². The average Bonchev–Trinajstić information content (AvgIpc) is 3.02. The van der Waals surface area contributed by atoms with Crippen LogP contribution in [0, 0.1) is 34.9 Å². The lowest BCUT2D eigenvalue weighted by Gasteiger charge is -2.20. The van der Waals surface area contributed by atoms with Crippen molar-refractivity contribution in [2.45, 2.75) is 38.7 Å². The Hall–Kier alpha value is -5.00. The zero-order valence-electron chi connectivity index (χ0n) is 24.9. The molecule has 5 aromatic rings. The van der Waals surface area contributed by atoms with Crippen molar-refractivity contribution >= 4 is 23.1 Å². The number of hydrogen-bond acceptors (Lipinski definition) is 5. The molecule has 0 aliphatic carbocycles. The second-order valence-corrected chi connectivity index (χ2v) is 10.8. The van der Waals surface area contributed by atoms with E-state index in [1.807, 2.05) is 5.16 Å². The third kappa shape index (κ3) is 7.42. The van der Waals surface area contributed by atoms with Gasteiger partial charge >= 0.3 is 6.11 Å². The van der Waals surface area contributed by atoms with Gasteiger partial charge < -0.3 is 4.74 Å². The van der Waals surface area contributed by atoms with Crippen LogP contribution in [0.3, 0.4) is 0 Å². The Morgan fingerprint density at radius 1 is 0.708 bits per heavy atom. The summed E-state index contributed by atoms with van der Waals surface area (Å²) in [4.78, 5) is 11.8. The first-order valence-electron chi connectivity index (χ1n) is 14.5. The van der Waals surface area contributed by atoms with Gasteiger partial charge in [0.2, 0.25) is 0 Å². The largest absolute Gasteiger partial charge is 0.432 e. The van der Waals surface area contributed by atoms with Crippen molar-refractivity contribution in [1.29, 1.82) is 0 Å². The molecule has 0 aliphatic rings. The fourth-order valence-electron chi connectivity index (χ4n) is 4.97. The van der Waals surface area contributed by atoms with E-state index >= 15 is 22.0 Å². The Bertz CT molecular complexity index is 1990. The van der Waals surface area contributed by atoms with E-state index in [0.717, 1.165) is 61.6 Å². The summed E-state index contributed by atoms with van der Waals surface area (Å²) in [7, 11) is 0. The van der Waals surface area contributed by atoms with Crippen LogP contribution >= 0.6 is 12.2 Å². The van der Waals surface area contributed by atoms with Crippen molar-refractivity contribution in [3.8, 4) is 39.4 Å². The van der Waals surface area contributed by atoms with E-state index in [1.165, 1.54) is 12.1 Å². The van der Waals surface area contributed by atoms with Gasteiger partial charge in [-0.3, -0.25) is 0 Å². The van der Waals surface area contributed by atoms with Gasteiger partial charge in [-0.15, -0.1) is 0 Å². The summed E-state index contributed by atoms with van der Waals surface area (Å²) in [6.07, 6.45) is 2.51. The SMILES string of the molecule is CCCCCc1cnc(-c2ccc(-c3cc(F)c(C(F)(F)Oc4ccc(-c5cc(F)c(N=C=S)c(F)c5)c(F)c4)c(F)c3)c(F)c2)nc1. The summed E-state index contributed by atoms with van der Waals surface area (Å²) in [6.45, 7) is 2.09. The van der Waals surface area contributed by atoms with Crippen molar-refractivity contribution in [2.24, 2.45) is 4.99 Å². The molecule has 13 heteroatoms. The number of nitrogens with zero attached hydrogens (tertiary/aromatic N) is 3. The Morgan fingerprint density at radius 2 is 1.25 bits per heavy atom. The number of isothiocyanates is 1. The predicted molar refractivity (Wildman–Crippen MR) is 167 cm³/mol. The quantitative estimate of drug-likeness (QED) is 0.0601. The van der Waals surface area contributed by atoms with Crippen LogP contribution < -0.4 is 4.74 Å². The van der Waals surface area contributed by atoms with Crippen molar-refractivity contribution in [2.75, 3.05) is 0 Å². The maximum absolute atomic E-state index is 15.1. The van der Waals surface area contributed by atoms with Crippen LogP contribution in [-0.2, 0) is 12.5 Å². The number of alkyl halides is 2. The number of aryl methyl sites for hydroxylation is 1. The summed E-state index contributed by atoms with van der Waals surface area (Å²) in [5, 5.41) is 1.81. The van der Waals surface area contributed by atoms with Crippen LogP contribution in [0.5, 0.6) is 5.75 Å². The van der Waals surface area contributed by atoms with E-state index in [1.54, 1.807) is 12.4 Å². The Labute approximate surface area is 274 Å². The summed E-state index contributed by atoms with van der Waals surface area (Å²) in [6, 6.07) is 8.36. The minimum absolute atomic E-state index is 0.225. The van der Waals surface area contributed by atoms with Crippen molar-refractivity contribution in [3.63, 3.8) is 0 Å². The number of ether oxygens (including phenoxy) is 1. The molecule has 0 unspecified atom stereocenters. The number of hydrogen-bond donors (Lipinski definition) is 0. The molecule has 246 valence electrons. The van der Waals surface area contributed by atoms with Crippen LogP contribution in [0.25, 0.3) is 33.6 Å². The molecule has 0 spiro atoms. The van der Waals surface area contributed by atoms with Gasteiger partial charge in [0.1, 0.15) is 40.3 Å². The summed E-state index contributed by atoms with van der Waals surface area (Å²) in [5.41, 5.74) is -2.71. The lowest BCUT2D eigenvalue weighted by molar-refractivity contribution is -0.189. The van der Waals surface area contributed by atoms with Crippen molar-refractivity contribution < 1.29 is 39.9 Å². The molecule has 5 rings (SSSR count). The molecule has 4 nitrogen and oxygen atoms in total. The van der Waals surface area contributed by atoms with Crippen LogP contribution in [0.15, 0.2) is 78.0 Å². The molecule has 0 saturated heterocycles. The number of benzene rings is 4. The maximum Gasteiger partial charge on any atom is 0.432 e. The van der Waals surface area contributed by atoms with Crippen molar-refractivity contribution in [1.82, 2.24) is 9.97 Å². The summed E-state index contributed by atoms with van der Waals surface area (Å²) in [5.74, 6) is -8.67. The van der Waals surface area contributed by atoms with E-state index in [4.69, 9.17) is 0 Å². The molecular formula is C35H23F8N3OS. The number of thiocarbonyl (C=S) groups is 1. The van der Waals surface area contributed by atoms with E-state index < -0.39 is 63.6 Å². The van der Waals surface area contributed by atoms with Gasteiger partial charge in [-0.05, 0) is 84.2 Å². The minimum atomic E-state index is -4.67. The molecule has 48 heavy (non-hydrogen) atoms. The number of halogens is 8. The number of aromatic nitrogens is 2. The van der Waals surface area contributed by atoms with Gasteiger partial charge in [0, 0.05) is 35.2 Å². The minimum Gasteiger partial charge on any atom is -0.429 e. The second kappa shape index (κ2) is 14.4. The maximum atomic E-state index is 15.1. The van der Waals surface area contributed by atoms with Crippen molar-refractivity contribution in [3.05, 3.63) is 119 Å². The average molecular weight is 686 g/mol. The van der Waals surface area contributed by atoms with E-state index in [2.05, 4.69) is 38.8 Å². The highest BCUT2D eigenvalue weighted by Gasteiger charge is 2.41. The fourth-order valence-corrected chi connectivity index (χ4v) is 5.06. The molecule has 1 heterocycles. The fraction of sp³-hybridized carbons (Fsp3) is 0.171. The Balaban J connectivity index is 1.36. The first kappa shape index (κ1) is 34.3. The first-order valence-corrected chi connectivity index (χ1v) is 14.9. The van der Waals surface area contributed by atoms with E-state index in [0.29, 0.717) is 23.8 Å². The highest BCUT2D eigenvalue weighted by Crippen LogP contribution is 2.39. The zero-order chi connectivity index (χ0) is 34.6. The zero-order valence-corrected chi connectivity index (χ0v) is 25.8. The van der Waals surface area contributed by atoms with Gasteiger partial charge in [-0.25, -0.2) is 36.3 Å². The molecule has 0 saturated carbocycles. The second-order valence-electron chi connectivity index (χ2n) is 10.6. The topological polar surface area (TPSA) is 47.4 Å². The lowest BCUT2D eigenvalue weighted by atomic mass is 10.00. The molecule has 0 bridgehead atoms. The normalized spacial score (nSPS) is 11.4. The number of aliphatic imine (C=N–C) groups is 1. The van der Waals surface area contributed by atoms with Gasteiger partial charge in [0.05, 0.1) is 5.16 Å². The van der Waals surface area contributed by atoms with Gasteiger partial charge in [0.25, 0.3) is 0 Å². The van der Waals surface area contributed by atoms with Crippen LogP contribution in [0.1, 0.15) is 37.3 Å². The Kier molecular flexibility index (Phi) is 10.3. The molecule has 0 N–H and O–H groups in total. The predicted octanol–water partition coefficient (Wildman–Crippen LogP) is 10.9. The highest BCUT2D eigenvalue weighted by molar-refractivity contribution is 7.78. The third-order valence-electron chi connectivity index (χ3n) is 7.32. The molecule has 0 amide bonds. The Morgan fingerprint density at radius 3 is 1.79 bits per heavy atom. The smallest absolute Gasteiger partial charge is 0.429 e. The number of unbranched alkanes of at least 4 members (excludes halogenated alkanes) is 2. The highest BCUT2D eigenvalue weighted by atomic mass is 32.1. The molecule has 1 aromatic heterocycles. The van der Waals surface area contributed by atoms with Crippen LogP contribution in [0.4, 0.5) is 40.8 Å². The monoisotopic (exact) mass is 685 g/mol. The molecular weight excluding hydrogens is 662 g/mol. The standard InChI is InChI=1S/C35H23F8N3OS/c1-2-3-4-5-19-16-44-34(45-17-19)20-6-8-24(26(36)10-20)21-11-28(38)32(29(39)12-21)35(42,43)47-23-7-9-25(27(37)15-23)22-13-30(40)33(46-18-48)31(41)14-22/h6-17H,2-5H2,1H3. The first-order chi connectivity index (χ1) is 22.9. The molecule has 0 radical (unpaired) electrons. The summed E-state index contributed by atoms with van der Waals surface area (Å²) >= 11 is 4.33. The van der Waals surface area contributed by atoms with Gasteiger partial charge in [-0.1, -0.05) is 31.9 Å². The summed E-state index contributed by atoms with van der Waals surface area (Å²) < 4.78 is 123. The molecule has 0 fully saturated rings. The molecule has 4 aromatic carbocycles. The van der Waals surface area contributed by atoms with Gasteiger partial charge in [-0.2, -0.15) is 13.8 Å². The molecule has 0 aliphatic heterocycles. The van der Waals surface area contributed by atoms with E-state index in [9.17, 15) is 13.2 Å². The van der Waals surface area contributed by atoms with Crippen LogP contribution in [-0.4, -0.2) is 15.1 Å².